The predicted molar refractivity (Wildman–Crippen MR) is 157 cm³/mol. The molecule has 4 aromatic rings. The molecule has 0 saturated heterocycles. The lowest BCUT2D eigenvalue weighted by Crippen LogP contribution is -2.37. The molecule has 0 radical (unpaired) electrons. The first-order valence-electron chi connectivity index (χ1n) is 13.2. The molecule has 0 saturated carbocycles. The lowest BCUT2D eigenvalue weighted by atomic mass is 10.1. The van der Waals surface area contributed by atoms with Gasteiger partial charge in [0, 0.05) is 25.2 Å². The first-order chi connectivity index (χ1) is 20.0. The Labute approximate surface area is 242 Å². The zero-order chi connectivity index (χ0) is 30.6. The number of nitrogens with one attached hydrogen (secondary N) is 2. The topological polar surface area (TPSA) is 126 Å². The summed E-state index contributed by atoms with van der Waals surface area (Å²) in [6.45, 7) is 3.22. The quantitative estimate of drug-likeness (QED) is 0.296. The van der Waals surface area contributed by atoms with Gasteiger partial charge in [-0.05, 0) is 81.1 Å². The third kappa shape index (κ3) is 6.64. The molecule has 1 atom stereocenters. The second-order valence-electron chi connectivity index (χ2n) is 9.93. The van der Waals surface area contributed by atoms with Crippen LogP contribution >= 0.6 is 0 Å². The minimum atomic E-state index is -0.546. The molecule has 2 aromatic carbocycles. The van der Waals surface area contributed by atoms with Gasteiger partial charge in [0.05, 0.1) is 24.0 Å². The van der Waals surface area contributed by atoms with E-state index in [0.717, 1.165) is 0 Å². The normalized spacial score (nSPS) is 11.6. The van der Waals surface area contributed by atoms with Crippen molar-refractivity contribution in [1.29, 1.82) is 0 Å². The lowest BCUT2D eigenvalue weighted by molar-refractivity contribution is -0.117. The number of aryl methyl sites for hydroxylation is 1. The Bertz CT molecular complexity index is 1720. The molecule has 10 nitrogen and oxygen atoms in total. The Hall–Kier alpha value is -5.03. The monoisotopic (exact) mass is 570 g/mol. The van der Waals surface area contributed by atoms with Crippen LogP contribution < -0.4 is 16.2 Å². The summed E-state index contributed by atoms with van der Waals surface area (Å²) in [5.41, 5.74) is 1.75. The molecule has 0 bridgehead atoms. The van der Waals surface area contributed by atoms with E-state index >= 15 is 0 Å². The van der Waals surface area contributed by atoms with Gasteiger partial charge in [0.2, 0.25) is 11.7 Å². The van der Waals surface area contributed by atoms with Crippen molar-refractivity contribution in [2.75, 3.05) is 26.5 Å². The number of nitrogens with zero attached hydrogens (tertiary/aromatic N) is 4. The van der Waals surface area contributed by atoms with Crippen LogP contribution in [0.1, 0.15) is 44.9 Å². The fourth-order valence-corrected chi connectivity index (χ4v) is 4.26. The second-order valence-corrected chi connectivity index (χ2v) is 9.93. The number of benzene rings is 2. The highest BCUT2D eigenvalue weighted by Gasteiger charge is 2.19. The van der Waals surface area contributed by atoms with Crippen molar-refractivity contribution in [1.82, 2.24) is 24.8 Å². The smallest absolute Gasteiger partial charge is 0.275 e. The molecule has 2 N–H and O–H groups in total. The van der Waals surface area contributed by atoms with Crippen LogP contribution in [0.4, 0.5) is 10.1 Å². The summed E-state index contributed by atoms with van der Waals surface area (Å²) in [5, 5.41) is 5.50. The van der Waals surface area contributed by atoms with Crippen molar-refractivity contribution in [2.45, 2.75) is 26.4 Å². The molecule has 0 aliphatic carbocycles. The van der Waals surface area contributed by atoms with Crippen molar-refractivity contribution >= 4 is 23.3 Å². The Morgan fingerprint density at radius 2 is 1.69 bits per heavy atom. The van der Waals surface area contributed by atoms with Gasteiger partial charge in [-0.1, -0.05) is 12.1 Å². The molecular formula is C31H31FN6O4. The number of amides is 2. The molecule has 4 rings (SSSR count). The number of carbonyl (C=O) groups excluding carboxylic acids is 3. The third-order valence-electron chi connectivity index (χ3n) is 6.62. The number of carbonyl (C=O) groups is 3. The largest absolute Gasteiger partial charge is 0.345 e. The highest BCUT2D eigenvalue weighted by molar-refractivity contribution is 6.07. The van der Waals surface area contributed by atoms with Crippen LogP contribution in [0.3, 0.4) is 0 Å². The highest BCUT2D eigenvalue weighted by atomic mass is 19.1. The standard InChI is InChI=1S/C31H31FN6O4/c1-18(33-3)29(40)36-25-13-14-27(21-7-6-8-22(15-21)30(41)37(4)5)38(31(25)42)17-24-16-26(35-19(2)34-24)28(39)20-9-11-23(32)12-10-20/h6-16,18,33H,17H2,1-5H3,(H,36,40). The maximum Gasteiger partial charge on any atom is 0.275 e. The molecule has 2 heterocycles. The summed E-state index contributed by atoms with van der Waals surface area (Å²) < 4.78 is 14.8. The highest BCUT2D eigenvalue weighted by Crippen LogP contribution is 2.23. The summed E-state index contributed by atoms with van der Waals surface area (Å²) in [4.78, 5) is 62.3. The number of pyridine rings is 1. The minimum Gasteiger partial charge on any atom is -0.345 e. The third-order valence-corrected chi connectivity index (χ3v) is 6.62. The average Bonchev–Trinajstić information content (AvgIpc) is 2.98. The Morgan fingerprint density at radius 3 is 2.36 bits per heavy atom. The second kappa shape index (κ2) is 12.6. The van der Waals surface area contributed by atoms with Gasteiger partial charge in [0.1, 0.15) is 23.0 Å². The molecule has 0 aliphatic rings. The van der Waals surface area contributed by atoms with Gasteiger partial charge in [-0.25, -0.2) is 14.4 Å². The van der Waals surface area contributed by atoms with E-state index in [1.165, 1.54) is 45.9 Å². The fourth-order valence-electron chi connectivity index (χ4n) is 4.26. The zero-order valence-corrected chi connectivity index (χ0v) is 23.9. The van der Waals surface area contributed by atoms with Crippen LogP contribution in [0.25, 0.3) is 11.3 Å². The molecule has 2 aromatic heterocycles. The molecule has 42 heavy (non-hydrogen) atoms. The Morgan fingerprint density at radius 1 is 0.976 bits per heavy atom. The van der Waals surface area contributed by atoms with E-state index in [1.807, 2.05) is 0 Å². The molecule has 1 unspecified atom stereocenters. The van der Waals surface area contributed by atoms with E-state index in [1.54, 1.807) is 65.3 Å². The predicted octanol–water partition coefficient (Wildman–Crippen LogP) is 3.28. The zero-order valence-electron chi connectivity index (χ0n) is 23.9. The van der Waals surface area contributed by atoms with Crippen molar-refractivity contribution in [3.8, 4) is 11.3 Å². The number of ketones is 1. The van der Waals surface area contributed by atoms with Crippen molar-refractivity contribution in [2.24, 2.45) is 0 Å². The minimum absolute atomic E-state index is 0.0553. The van der Waals surface area contributed by atoms with Gasteiger partial charge in [0.15, 0.2) is 0 Å². The van der Waals surface area contributed by atoms with Gasteiger partial charge in [-0.2, -0.15) is 0 Å². The van der Waals surface area contributed by atoms with E-state index < -0.39 is 29.1 Å². The number of hydrogen-bond donors (Lipinski definition) is 2. The molecule has 11 heteroatoms. The maximum absolute atomic E-state index is 13.8. The van der Waals surface area contributed by atoms with Crippen LogP contribution in [0.2, 0.25) is 0 Å². The number of anilines is 1. The molecule has 0 aliphatic heterocycles. The number of rotatable bonds is 9. The van der Waals surface area contributed by atoms with Gasteiger partial charge in [0.25, 0.3) is 11.5 Å². The summed E-state index contributed by atoms with van der Waals surface area (Å²) in [6, 6.07) is 16.1. The Balaban J connectivity index is 1.82. The lowest BCUT2D eigenvalue weighted by Gasteiger charge is -2.18. The summed E-state index contributed by atoms with van der Waals surface area (Å²) >= 11 is 0. The molecule has 0 spiro atoms. The number of halogens is 1. The maximum atomic E-state index is 13.8. The molecular weight excluding hydrogens is 539 g/mol. The summed E-state index contributed by atoms with van der Waals surface area (Å²) in [6.07, 6.45) is 0. The first-order valence-corrected chi connectivity index (χ1v) is 13.2. The van der Waals surface area contributed by atoms with E-state index in [9.17, 15) is 23.6 Å². The SMILES string of the molecule is CNC(C)C(=O)Nc1ccc(-c2cccc(C(=O)N(C)C)c2)n(Cc2cc(C(=O)c3ccc(F)cc3)nc(C)n2)c1=O. The Kier molecular flexibility index (Phi) is 9.02. The van der Waals surface area contributed by atoms with Crippen LogP contribution in [0.15, 0.2) is 71.5 Å². The number of aromatic nitrogens is 3. The van der Waals surface area contributed by atoms with Crippen molar-refractivity contribution in [3.05, 3.63) is 111 Å². The van der Waals surface area contributed by atoms with Gasteiger partial charge < -0.3 is 20.1 Å². The number of hydrogen-bond acceptors (Lipinski definition) is 7. The van der Waals surface area contributed by atoms with E-state index in [-0.39, 0.29) is 29.4 Å². The number of likely N-dealkylation sites (N-methyl/N-ethyl adjacent to an activating group) is 1. The van der Waals surface area contributed by atoms with Crippen molar-refractivity contribution < 1.29 is 18.8 Å². The van der Waals surface area contributed by atoms with Crippen molar-refractivity contribution in [3.63, 3.8) is 0 Å². The van der Waals surface area contributed by atoms with E-state index in [0.29, 0.717) is 28.3 Å². The summed E-state index contributed by atoms with van der Waals surface area (Å²) in [7, 11) is 4.93. The van der Waals surface area contributed by atoms with Crippen LogP contribution in [0.5, 0.6) is 0 Å². The van der Waals surface area contributed by atoms with Gasteiger partial charge in [-0.3, -0.25) is 19.2 Å². The first kappa shape index (κ1) is 29.9. The molecule has 216 valence electrons. The average molecular weight is 571 g/mol. The molecule has 0 fully saturated rings. The fraction of sp³-hybridized carbons (Fsp3) is 0.226. The van der Waals surface area contributed by atoms with Crippen LogP contribution in [0, 0.1) is 12.7 Å². The van der Waals surface area contributed by atoms with Crippen LogP contribution in [-0.2, 0) is 11.3 Å². The van der Waals surface area contributed by atoms with E-state index in [2.05, 4.69) is 20.6 Å². The summed E-state index contributed by atoms with van der Waals surface area (Å²) in [5.74, 6) is -1.18. The van der Waals surface area contributed by atoms with E-state index in [4.69, 9.17) is 0 Å². The van der Waals surface area contributed by atoms with Gasteiger partial charge in [-0.15, -0.1) is 0 Å². The van der Waals surface area contributed by atoms with Gasteiger partial charge >= 0.3 is 0 Å². The molecule has 2 amide bonds. The van der Waals surface area contributed by atoms with Crippen LogP contribution in [-0.4, -0.2) is 64.2 Å².